The van der Waals surface area contributed by atoms with Crippen LogP contribution >= 0.6 is 27.1 Å². The number of nitrogens with zero attached hydrogens (tertiary/aromatic N) is 4. The predicted octanol–water partition coefficient (Wildman–Crippen LogP) is -1.65. The second kappa shape index (κ2) is 8.23. The quantitative estimate of drug-likeness (QED) is 0.133. The summed E-state index contributed by atoms with van der Waals surface area (Å²) in [6.07, 6.45) is -2.03. The lowest BCUT2D eigenvalue weighted by atomic mass is 10.1. The fourth-order valence-electron chi connectivity index (χ4n) is 2.54. The van der Waals surface area contributed by atoms with Crippen LogP contribution in [-0.2, 0) is 22.7 Å². The van der Waals surface area contributed by atoms with Crippen molar-refractivity contribution in [3.63, 3.8) is 0 Å². The molecule has 3 rings (SSSR count). The number of aliphatic hydroxyl groups excluding tert-OH is 2. The fraction of sp³-hybridized carbons (Fsp3) is 0.545. The maximum Gasteiger partial charge on any atom is 0.474 e. The Bertz CT molecular complexity index is 1000. The molecule has 1 aliphatic heterocycles. The van der Waals surface area contributed by atoms with E-state index >= 15 is 0 Å². The normalized spacial score (nSPS) is 27.4. The van der Waals surface area contributed by atoms with Gasteiger partial charge in [-0.25, -0.2) is 23.8 Å². The summed E-state index contributed by atoms with van der Waals surface area (Å²) in [4.78, 5) is 30.1. The van der Waals surface area contributed by atoms with Crippen LogP contribution in [0.15, 0.2) is 11.5 Å². The van der Waals surface area contributed by atoms with Gasteiger partial charge < -0.3 is 39.6 Å². The van der Waals surface area contributed by atoms with Crippen LogP contribution in [0, 0.1) is 0 Å². The van der Waals surface area contributed by atoms with E-state index in [2.05, 4.69) is 19.3 Å². The second-order valence-corrected chi connectivity index (χ2v) is 8.67. The van der Waals surface area contributed by atoms with Gasteiger partial charge in [0.1, 0.15) is 23.8 Å². The number of thioether (sulfide) groups is 1. The molecular weight excluding hydrogens is 451 g/mol. The fourth-order valence-corrected chi connectivity index (χ4v) is 4.06. The number of phosphoric acid groups is 1. The topological polar surface area (TPSA) is 212 Å². The first-order valence-electron chi connectivity index (χ1n) is 7.51. The number of nitrogen functional groups attached to an aromatic ring is 1. The van der Waals surface area contributed by atoms with Gasteiger partial charge in [0.25, 0.3) is 0 Å². The van der Waals surface area contributed by atoms with Crippen LogP contribution in [0.3, 0.4) is 0 Å². The van der Waals surface area contributed by atoms with E-state index in [0.29, 0.717) is 5.16 Å². The molecule has 5 atom stereocenters. The third-order valence-corrected chi connectivity index (χ3v) is 6.03. The van der Waals surface area contributed by atoms with E-state index in [0.717, 1.165) is 0 Å². The third-order valence-electron chi connectivity index (χ3n) is 3.74. The molecule has 0 radical (unpaired) electrons. The highest BCUT2D eigenvalue weighted by atomic mass is 32.2. The van der Waals surface area contributed by atoms with Crippen molar-refractivity contribution in [1.82, 2.24) is 19.5 Å². The molecule has 2 aromatic heterocycles. The highest BCUT2D eigenvalue weighted by Gasteiger charge is 2.45. The van der Waals surface area contributed by atoms with Crippen molar-refractivity contribution in [2.24, 2.45) is 0 Å². The average molecular weight is 470 g/mol. The van der Waals surface area contributed by atoms with Crippen molar-refractivity contribution in [1.29, 1.82) is 0 Å². The smallest absolute Gasteiger partial charge is 0.387 e. The largest absolute Gasteiger partial charge is 0.474 e. The minimum Gasteiger partial charge on any atom is -0.387 e. The molecule has 0 unspecified atom stereocenters. The molecule has 0 bridgehead atoms. The summed E-state index contributed by atoms with van der Waals surface area (Å²) in [5.74, 6) is 0.140. The summed E-state index contributed by atoms with van der Waals surface area (Å²) in [6.45, 7) is -0.505. The number of hydrogen-bond donors (Lipinski definition) is 5. The Morgan fingerprint density at radius 2 is 2.03 bits per heavy atom. The number of hydrogen-bond acceptors (Lipinski definition) is 12. The third kappa shape index (κ3) is 4.99. The van der Waals surface area contributed by atoms with Crippen LogP contribution in [0.25, 0.3) is 11.2 Å². The molecule has 0 spiro atoms. The van der Waals surface area contributed by atoms with E-state index in [-0.39, 0.29) is 17.0 Å². The summed E-state index contributed by atoms with van der Waals surface area (Å²) in [6, 6.07) is 0. The molecule has 2 aromatic rings. The highest BCUT2D eigenvalue weighted by Crippen LogP contribution is 2.57. The zero-order chi connectivity index (χ0) is 21.6. The minimum atomic E-state index is -4.99. The Kier molecular flexibility index (Phi) is 6.42. The number of nitrogens with two attached hydrogens (primary N) is 1. The van der Waals surface area contributed by atoms with E-state index in [4.69, 9.17) is 24.8 Å². The van der Waals surface area contributed by atoms with Gasteiger partial charge in [0.15, 0.2) is 30.3 Å². The number of rotatable bonds is 7. The van der Waals surface area contributed by atoms with Gasteiger partial charge in [-0.1, -0.05) is 11.8 Å². The van der Waals surface area contributed by atoms with E-state index < -0.39 is 54.0 Å². The van der Waals surface area contributed by atoms with Crippen molar-refractivity contribution < 1.29 is 42.7 Å². The van der Waals surface area contributed by atoms with Crippen molar-refractivity contribution in [3.8, 4) is 0 Å². The van der Waals surface area contributed by atoms with Crippen LogP contribution in [0.4, 0.5) is 5.82 Å². The predicted molar refractivity (Wildman–Crippen MR) is 104 cm³/mol. The van der Waals surface area contributed by atoms with Gasteiger partial charge >= 0.3 is 7.82 Å². The molecule has 14 nitrogen and oxygen atoms in total. The zero-order valence-corrected chi connectivity index (χ0v) is 16.7. The van der Waals surface area contributed by atoms with Gasteiger partial charge in [0.05, 0.1) is 20.5 Å². The monoisotopic (exact) mass is 470 g/mol. The molecule has 1 saturated heterocycles. The first kappa shape index (κ1) is 22.6. The Balaban J connectivity index is 1.80. The summed E-state index contributed by atoms with van der Waals surface area (Å²) in [5, 5.41) is 21.0. The summed E-state index contributed by atoms with van der Waals surface area (Å²) >= 11 is 1.25. The van der Waals surface area contributed by atoms with Gasteiger partial charge in [-0.05, 0) is 6.26 Å². The first-order valence-corrected chi connectivity index (χ1v) is 11.4. The standard InChI is InChI=1S/C11H19BN5O9P2S/c1-29-11-15-8(13)5-9(16-11)17(3-14-5)10-7(19)6(18)4(25-10)2-24-27(12,20)26-28(21,22)23/h3-4,6-7,10,18-19H,2H2,1,12H3,(H2,13,15,16)(H2,21,22,23)/q-1/t4-,6-,7-,10-,27+/m1/s1. The van der Waals surface area contributed by atoms with Crippen molar-refractivity contribution in [3.05, 3.63) is 6.33 Å². The zero-order valence-electron chi connectivity index (χ0n) is 14.1. The molecule has 1 fully saturated rings. The molecule has 0 aromatic carbocycles. The number of imidazole rings is 1. The molecule has 29 heavy (non-hydrogen) atoms. The van der Waals surface area contributed by atoms with Crippen molar-refractivity contribution in [2.75, 3.05) is 18.6 Å². The Hall–Kier alpha value is -1.06. The molecule has 0 saturated carbocycles. The maximum absolute atomic E-state index is 12.1. The van der Waals surface area contributed by atoms with E-state index in [1.165, 1.54) is 22.7 Å². The summed E-state index contributed by atoms with van der Waals surface area (Å²) in [7, 11) is -10.1. The Morgan fingerprint density at radius 1 is 1.34 bits per heavy atom. The number of ether oxygens (including phenoxy) is 1. The average Bonchev–Trinajstić information content (AvgIpc) is 3.13. The molecule has 6 N–H and O–H groups in total. The van der Waals surface area contributed by atoms with E-state index in [1.54, 1.807) is 6.26 Å². The number of aliphatic hydroxyl groups is 2. The number of anilines is 1. The molecule has 162 valence electrons. The lowest BCUT2D eigenvalue weighted by molar-refractivity contribution is -0.0479. The van der Waals surface area contributed by atoms with Gasteiger partial charge in [-0.3, -0.25) is 4.57 Å². The van der Waals surface area contributed by atoms with E-state index in [1.807, 2.05) is 0 Å². The first-order chi connectivity index (χ1) is 13.4. The van der Waals surface area contributed by atoms with Gasteiger partial charge in [-0.15, -0.1) is 0 Å². The number of fused-ring (bicyclic) bond motifs is 1. The lowest BCUT2D eigenvalue weighted by Crippen LogP contribution is -2.33. The van der Waals surface area contributed by atoms with Crippen LogP contribution in [0.5, 0.6) is 0 Å². The van der Waals surface area contributed by atoms with E-state index in [9.17, 15) is 19.3 Å². The summed E-state index contributed by atoms with van der Waals surface area (Å²) < 4.78 is 39.2. The van der Waals surface area contributed by atoms with Crippen LogP contribution < -0.4 is 5.73 Å². The molecule has 0 amide bonds. The minimum absolute atomic E-state index is 0.140. The molecule has 1 aliphatic rings. The Labute approximate surface area is 168 Å². The van der Waals surface area contributed by atoms with Gasteiger partial charge in [0, 0.05) is 0 Å². The SMILES string of the molecule is [BH3-][P@](=O)(OC[C@H]1O[C@@H](n2cnc3c(N)nc(SC)nc32)[C@H](O)[C@@H]1O)OP(=O)(O)O. The maximum atomic E-state index is 12.1. The van der Waals surface area contributed by atoms with Crippen molar-refractivity contribution in [2.45, 2.75) is 29.7 Å². The molecular formula is C11H19BN5O9P2S-. The van der Waals surface area contributed by atoms with Gasteiger partial charge in [0.2, 0.25) is 0 Å². The Morgan fingerprint density at radius 3 is 2.66 bits per heavy atom. The summed E-state index contributed by atoms with van der Waals surface area (Å²) in [5.41, 5.74) is 6.44. The highest BCUT2D eigenvalue weighted by molar-refractivity contribution is 7.98. The lowest BCUT2D eigenvalue weighted by Gasteiger charge is -2.22. The molecule has 0 aliphatic carbocycles. The van der Waals surface area contributed by atoms with Crippen LogP contribution in [0.2, 0.25) is 0 Å². The number of aromatic nitrogens is 4. The van der Waals surface area contributed by atoms with Crippen molar-refractivity contribution >= 4 is 51.6 Å². The molecule has 18 heteroatoms. The van der Waals surface area contributed by atoms with Crippen LogP contribution in [-0.4, -0.2) is 78.3 Å². The molecule has 3 heterocycles. The second-order valence-electron chi connectivity index (χ2n) is 5.56. The van der Waals surface area contributed by atoms with Gasteiger partial charge in [-0.2, -0.15) is 0 Å². The van der Waals surface area contributed by atoms with Crippen LogP contribution in [0.1, 0.15) is 6.23 Å².